The molecular formula is C14H16F3NO2. The molecule has 2 N–H and O–H groups in total. The van der Waals surface area contributed by atoms with Crippen molar-refractivity contribution < 1.29 is 23.1 Å². The molecule has 6 heteroatoms. The maximum Gasteiger partial charge on any atom is 0.352 e. The molecule has 0 radical (unpaired) electrons. The van der Waals surface area contributed by atoms with Crippen LogP contribution in [0.3, 0.4) is 0 Å². The standard InChI is InChI=1S/C14H16F3NO2/c15-11-4-1-3-10(9-11)5-8-18-12(19)14(16,17)13(20)6-2-7-13/h1,3-4,9,20H,2,5-8H2,(H,18,19). The van der Waals surface area contributed by atoms with E-state index in [9.17, 15) is 23.1 Å². The van der Waals surface area contributed by atoms with Gasteiger partial charge in [-0.25, -0.2) is 4.39 Å². The Kier molecular flexibility index (Phi) is 4.04. The quantitative estimate of drug-likeness (QED) is 0.870. The molecule has 1 amide bonds. The summed E-state index contributed by atoms with van der Waals surface area (Å²) in [5.74, 6) is -5.67. The zero-order valence-corrected chi connectivity index (χ0v) is 10.8. The molecule has 1 aromatic carbocycles. The van der Waals surface area contributed by atoms with Gasteiger partial charge in [-0.1, -0.05) is 12.1 Å². The molecule has 0 bridgehead atoms. The SMILES string of the molecule is O=C(NCCc1cccc(F)c1)C(F)(F)C1(O)CCC1. The number of carbonyl (C=O) groups excluding carboxylic acids is 1. The Bertz CT molecular complexity index is 501. The lowest BCUT2D eigenvalue weighted by Crippen LogP contribution is -2.60. The number of nitrogens with one attached hydrogen (secondary N) is 1. The van der Waals surface area contributed by atoms with E-state index >= 15 is 0 Å². The first kappa shape index (κ1) is 14.8. The van der Waals surface area contributed by atoms with Crippen molar-refractivity contribution in [3.63, 3.8) is 0 Å². The first-order chi connectivity index (χ1) is 9.35. The highest BCUT2D eigenvalue weighted by molar-refractivity contribution is 5.85. The van der Waals surface area contributed by atoms with Gasteiger partial charge in [0.25, 0.3) is 5.91 Å². The molecule has 0 spiro atoms. The Morgan fingerprint density at radius 3 is 2.65 bits per heavy atom. The summed E-state index contributed by atoms with van der Waals surface area (Å²) in [7, 11) is 0. The van der Waals surface area contributed by atoms with Gasteiger partial charge in [0.1, 0.15) is 11.4 Å². The van der Waals surface area contributed by atoms with Gasteiger partial charge in [0.2, 0.25) is 0 Å². The number of halogens is 3. The molecule has 0 unspecified atom stereocenters. The summed E-state index contributed by atoms with van der Waals surface area (Å²) in [5.41, 5.74) is -1.60. The monoisotopic (exact) mass is 287 g/mol. The molecule has 110 valence electrons. The van der Waals surface area contributed by atoms with Gasteiger partial charge >= 0.3 is 5.92 Å². The van der Waals surface area contributed by atoms with Gasteiger partial charge in [-0.05, 0) is 43.4 Å². The van der Waals surface area contributed by atoms with Crippen LogP contribution in [0.4, 0.5) is 13.2 Å². The average Bonchev–Trinajstić information content (AvgIpc) is 2.35. The fraction of sp³-hybridized carbons (Fsp3) is 0.500. The largest absolute Gasteiger partial charge is 0.383 e. The summed E-state index contributed by atoms with van der Waals surface area (Å²) in [5, 5.41) is 11.7. The van der Waals surface area contributed by atoms with Crippen LogP contribution in [0, 0.1) is 5.82 Å². The van der Waals surface area contributed by atoms with Crippen molar-refractivity contribution in [2.75, 3.05) is 6.54 Å². The summed E-state index contributed by atoms with van der Waals surface area (Å²) in [6.45, 7) is -0.0338. The Morgan fingerprint density at radius 2 is 2.10 bits per heavy atom. The van der Waals surface area contributed by atoms with Gasteiger partial charge in [0.15, 0.2) is 0 Å². The minimum Gasteiger partial charge on any atom is -0.383 e. The number of hydrogen-bond acceptors (Lipinski definition) is 2. The molecule has 0 aromatic heterocycles. The van der Waals surface area contributed by atoms with E-state index in [1.807, 2.05) is 0 Å². The molecule has 1 aliphatic rings. The highest BCUT2D eigenvalue weighted by atomic mass is 19.3. The van der Waals surface area contributed by atoms with Crippen molar-refractivity contribution >= 4 is 5.91 Å². The van der Waals surface area contributed by atoms with Crippen LogP contribution in [0.5, 0.6) is 0 Å². The van der Waals surface area contributed by atoms with Crippen LogP contribution in [-0.4, -0.2) is 29.1 Å². The second-order valence-electron chi connectivity index (χ2n) is 5.10. The summed E-state index contributed by atoms with van der Waals surface area (Å²) in [6, 6.07) is 5.72. The van der Waals surface area contributed by atoms with Crippen LogP contribution in [0.2, 0.25) is 0 Å². The number of carbonyl (C=O) groups is 1. The predicted molar refractivity (Wildman–Crippen MR) is 66.9 cm³/mol. The molecule has 1 aliphatic carbocycles. The minimum atomic E-state index is -3.78. The van der Waals surface area contributed by atoms with Crippen LogP contribution in [-0.2, 0) is 11.2 Å². The van der Waals surface area contributed by atoms with E-state index in [0.717, 1.165) is 0 Å². The van der Waals surface area contributed by atoms with Crippen LogP contribution >= 0.6 is 0 Å². The highest BCUT2D eigenvalue weighted by Crippen LogP contribution is 2.44. The van der Waals surface area contributed by atoms with Crippen molar-refractivity contribution in [2.45, 2.75) is 37.2 Å². The molecule has 0 aliphatic heterocycles. The van der Waals surface area contributed by atoms with Gasteiger partial charge in [0.05, 0.1) is 0 Å². The summed E-state index contributed by atoms with van der Waals surface area (Å²) in [4.78, 5) is 11.5. The molecule has 2 rings (SSSR count). The first-order valence-corrected chi connectivity index (χ1v) is 6.48. The number of alkyl halides is 2. The van der Waals surface area contributed by atoms with Gasteiger partial charge in [0, 0.05) is 6.54 Å². The average molecular weight is 287 g/mol. The first-order valence-electron chi connectivity index (χ1n) is 6.48. The zero-order valence-electron chi connectivity index (χ0n) is 10.8. The van der Waals surface area contributed by atoms with Crippen molar-refractivity contribution in [3.05, 3.63) is 35.6 Å². The number of amides is 1. The van der Waals surface area contributed by atoms with Crippen molar-refractivity contribution in [3.8, 4) is 0 Å². The van der Waals surface area contributed by atoms with Gasteiger partial charge in [-0.3, -0.25) is 4.79 Å². The fourth-order valence-corrected chi connectivity index (χ4v) is 2.16. The molecule has 1 saturated carbocycles. The lowest BCUT2D eigenvalue weighted by Gasteiger charge is -2.41. The van der Waals surface area contributed by atoms with E-state index < -0.39 is 23.2 Å². The third-order valence-corrected chi connectivity index (χ3v) is 3.64. The van der Waals surface area contributed by atoms with Crippen molar-refractivity contribution in [2.24, 2.45) is 0 Å². The van der Waals surface area contributed by atoms with E-state index in [0.29, 0.717) is 12.0 Å². The molecule has 0 heterocycles. The lowest BCUT2D eigenvalue weighted by molar-refractivity contribution is -0.215. The molecular weight excluding hydrogens is 271 g/mol. The summed E-state index contributed by atoms with van der Waals surface area (Å²) >= 11 is 0. The van der Waals surface area contributed by atoms with E-state index in [1.165, 1.54) is 18.2 Å². The van der Waals surface area contributed by atoms with Crippen LogP contribution in [0.15, 0.2) is 24.3 Å². The van der Waals surface area contributed by atoms with Crippen molar-refractivity contribution in [1.82, 2.24) is 5.32 Å². The summed E-state index contributed by atoms with van der Waals surface area (Å²) < 4.78 is 40.3. The maximum atomic E-state index is 13.7. The zero-order chi connectivity index (χ0) is 14.8. The van der Waals surface area contributed by atoms with E-state index in [1.54, 1.807) is 6.07 Å². The Balaban J connectivity index is 1.86. The highest BCUT2D eigenvalue weighted by Gasteiger charge is 2.60. The smallest absolute Gasteiger partial charge is 0.352 e. The van der Waals surface area contributed by atoms with Gasteiger partial charge in [-0.15, -0.1) is 0 Å². The molecule has 0 saturated heterocycles. The van der Waals surface area contributed by atoms with E-state index in [2.05, 4.69) is 5.32 Å². The number of rotatable bonds is 5. The number of hydrogen-bond donors (Lipinski definition) is 2. The third-order valence-electron chi connectivity index (χ3n) is 3.64. The van der Waals surface area contributed by atoms with Crippen LogP contribution in [0.1, 0.15) is 24.8 Å². The number of aliphatic hydroxyl groups is 1. The topological polar surface area (TPSA) is 49.3 Å². The van der Waals surface area contributed by atoms with Crippen LogP contribution < -0.4 is 5.32 Å². The van der Waals surface area contributed by atoms with Crippen LogP contribution in [0.25, 0.3) is 0 Å². The predicted octanol–water partition coefficient (Wildman–Crippen LogP) is 2.03. The van der Waals surface area contributed by atoms with Crippen molar-refractivity contribution in [1.29, 1.82) is 0 Å². The molecule has 3 nitrogen and oxygen atoms in total. The third kappa shape index (κ3) is 2.80. The van der Waals surface area contributed by atoms with E-state index in [4.69, 9.17) is 0 Å². The Labute approximate surface area is 114 Å². The Hall–Kier alpha value is -1.56. The minimum absolute atomic E-state index is 0.0338. The van der Waals surface area contributed by atoms with E-state index in [-0.39, 0.29) is 25.8 Å². The lowest BCUT2D eigenvalue weighted by atomic mass is 9.75. The fourth-order valence-electron chi connectivity index (χ4n) is 2.16. The molecule has 1 aromatic rings. The second-order valence-corrected chi connectivity index (χ2v) is 5.10. The molecule has 20 heavy (non-hydrogen) atoms. The molecule has 1 fully saturated rings. The second kappa shape index (κ2) is 5.44. The van der Waals surface area contributed by atoms with Gasteiger partial charge in [-0.2, -0.15) is 8.78 Å². The normalized spacial score (nSPS) is 17.4. The summed E-state index contributed by atoms with van der Waals surface area (Å²) in [6.07, 6.45) is 0.593. The maximum absolute atomic E-state index is 13.7. The number of benzene rings is 1. The molecule has 0 atom stereocenters. The Morgan fingerprint density at radius 1 is 1.40 bits per heavy atom. The van der Waals surface area contributed by atoms with Gasteiger partial charge < -0.3 is 10.4 Å².